The van der Waals surface area contributed by atoms with Gasteiger partial charge in [-0.2, -0.15) is 0 Å². The molecule has 2 N–H and O–H groups in total. The number of aryl methyl sites for hydroxylation is 1. The van der Waals surface area contributed by atoms with Crippen LogP contribution in [0.1, 0.15) is 16.8 Å². The van der Waals surface area contributed by atoms with Crippen molar-refractivity contribution in [2.75, 3.05) is 7.11 Å². The number of H-pyrrole nitrogens is 2. The third-order valence-corrected chi connectivity index (χ3v) is 5.03. The van der Waals surface area contributed by atoms with Crippen LogP contribution >= 0.6 is 11.6 Å². The summed E-state index contributed by atoms with van der Waals surface area (Å²) < 4.78 is 6.50. The van der Waals surface area contributed by atoms with E-state index >= 15 is 0 Å². The van der Waals surface area contributed by atoms with E-state index in [9.17, 15) is 9.59 Å². The molecule has 2 heterocycles. The van der Waals surface area contributed by atoms with Crippen molar-refractivity contribution in [1.29, 1.82) is 0 Å². The Morgan fingerprint density at radius 3 is 2.36 bits per heavy atom. The monoisotopic (exact) mass is 395 g/mol. The van der Waals surface area contributed by atoms with Crippen molar-refractivity contribution in [2.45, 2.75) is 13.3 Å². The van der Waals surface area contributed by atoms with E-state index in [0.717, 1.165) is 11.3 Å². The maximum absolute atomic E-state index is 13.1. The summed E-state index contributed by atoms with van der Waals surface area (Å²) in [4.78, 5) is 29.2. The highest BCUT2D eigenvalue weighted by Crippen LogP contribution is 2.17. The predicted octanol–water partition coefficient (Wildman–Crippen LogP) is 3.57. The number of pyridine rings is 1. The van der Waals surface area contributed by atoms with E-state index in [1.165, 1.54) is 4.68 Å². The lowest BCUT2D eigenvalue weighted by molar-refractivity contribution is 0.414. The predicted molar refractivity (Wildman–Crippen MR) is 110 cm³/mol. The second-order valence-corrected chi connectivity index (χ2v) is 7.00. The van der Waals surface area contributed by atoms with Crippen LogP contribution in [0.2, 0.25) is 5.02 Å². The molecule has 7 heteroatoms. The van der Waals surface area contributed by atoms with Crippen LogP contribution in [0.15, 0.2) is 58.1 Å². The molecule has 4 aromatic rings. The SMILES string of the molecule is COc1ccc(-n2[nH]c3[nH]c(C)c(Cc4ccc(Cl)cc4)c(=O)c3c2=O)cc1. The van der Waals surface area contributed by atoms with E-state index in [-0.39, 0.29) is 10.8 Å². The van der Waals surface area contributed by atoms with Gasteiger partial charge in [-0.05, 0) is 48.9 Å². The molecular formula is C21H18ClN3O3. The fourth-order valence-corrected chi connectivity index (χ4v) is 3.38. The maximum atomic E-state index is 13.1. The zero-order chi connectivity index (χ0) is 19.8. The number of nitrogens with zero attached hydrogens (tertiary/aromatic N) is 1. The Hall–Kier alpha value is -3.25. The fourth-order valence-electron chi connectivity index (χ4n) is 3.25. The van der Waals surface area contributed by atoms with Crippen molar-refractivity contribution in [1.82, 2.24) is 14.8 Å². The Labute approximate surface area is 165 Å². The van der Waals surface area contributed by atoms with Crippen LogP contribution in [-0.4, -0.2) is 21.9 Å². The number of halogens is 1. The first-order valence-corrected chi connectivity index (χ1v) is 9.11. The van der Waals surface area contributed by atoms with Gasteiger partial charge in [-0.1, -0.05) is 23.7 Å². The van der Waals surface area contributed by atoms with E-state index in [1.807, 2.05) is 19.1 Å². The van der Waals surface area contributed by atoms with Gasteiger partial charge in [-0.25, -0.2) is 4.68 Å². The number of rotatable bonds is 4. The van der Waals surface area contributed by atoms with E-state index in [0.29, 0.717) is 34.1 Å². The number of benzene rings is 2. The molecule has 0 spiro atoms. The minimum absolute atomic E-state index is 0.116. The van der Waals surface area contributed by atoms with Crippen LogP contribution in [0.5, 0.6) is 5.75 Å². The van der Waals surface area contributed by atoms with Gasteiger partial charge in [0.1, 0.15) is 16.8 Å². The lowest BCUT2D eigenvalue weighted by atomic mass is 10.0. The van der Waals surface area contributed by atoms with Gasteiger partial charge in [0.25, 0.3) is 5.56 Å². The Bertz CT molecular complexity index is 1270. The number of nitrogens with one attached hydrogen (secondary N) is 2. The lowest BCUT2D eigenvalue weighted by Gasteiger charge is -2.06. The smallest absolute Gasteiger partial charge is 0.284 e. The molecule has 4 rings (SSSR count). The minimum Gasteiger partial charge on any atom is -0.497 e. The number of hydrogen-bond acceptors (Lipinski definition) is 3. The Morgan fingerprint density at radius 2 is 1.71 bits per heavy atom. The molecule has 0 fully saturated rings. The van der Waals surface area contributed by atoms with Crippen molar-refractivity contribution in [3.63, 3.8) is 0 Å². The highest BCUT2D eigenvalue weighted by atomic mass is 35.5. The van der Waals surface area contributed by atoms with Gasteiger partial charge < -0.3 is 9.72 Å². The van der Waals surface area contributed by atoms with Crippen LogP contribution < -0.4 is 15.7 Å². The summed E-state index contributed by atoms with van der Waals surface area (Å²) >= 11 is 5.93. The van der Waals surface area contributed by atoms with Crippen LogP contribution in [-0.2, 0) is 6.42 Å². The van der Waals surface area contributed by atoms with Crippen molar-refractivity contribution in [2.24, 2.45) is 0 Å². The lowest BCUT2D eigenvalue weighted by Crippen LogP contribution is -2.21. The van der Waals surface area contributed by atoms with Crippen molar-refractivity contribution < 1.29 is 4.74 Å². The second kappa shape index (κ2) is 7.05. The maximum Gasteiger partial charge on any atom is 0.284 e. The third kappa shape index (κ3) is 3.12. The normalized spacial score (nSPS) is 11.1. The van der Waals surface area contributed by atoms with Crippen LogP contribution in [0, 0.1) is 6.92 Å². The molecule has 2 aromatic carbocycles. The second-order valence-electron chi connectivity index (χ2n) is 6.56. The van der Waals surface area contributed by atoms with Gasteiger partial charge in [-0.15, -0.1) is 0 Å². The van der Waals surface area contributed by atoms with E-state index < -0.39 is 5.56 Å². The number of aromatic nitrogens is 3. The molecule has 0 unspecified atom stereocenters. The summed E-state index contributed by atoms with van der Waals surface area (Å²) in [5.74, 6) is 0.685. The molecule has 0 aliphatic rings. The summed E-state index contributed by atoms with van der Waals surface area (Å²) in [6.07, 6.45) is 0.418. The number of aromatic amines is 2. The largest absolute Gasteiger partial charge is 0.497 e. The molecule has 28 heavy (non-hydrogen) atoms. The van der Waals surface area contributed by atoms with E-state index in [4.69, 9.17) is 16.3 Å². The van der Waals surface area contributed by atoms with Crippen LogP contribution in [0.3, 0.4) is 0 Å². The molecule has 142 valence electrons. The fraction of sp³-hybridized carbons (Fsp3) is 0.143. The number of ether oxygens (including phenoxy) is 1. The molecule has 0 atom stereocenters. The summed E-state index contributed by atoms with van der Waals surface area (Å²) in [5, 5.41) is 3.74. The summed E-state index contributed by atoms with van der Waals surface area (Å²) in [7, 11) is 1.58. The number of hydrogen-bond donors (Lipinski definition) is 2. The van der Waals surface area contributed by atoms with Gasteiger partial charge in [0, 0.05) is 22.7 Å². The first-order chi connectivity index (χ1) is 13.5. The molecule has 0 aliphatic heterocycles. The highest BCUT2D eigenvalue weighted by molar-refractivity contribution is 6.30. The van der Waals surface area contributed by atoms with Gasteiger partial charge in [0.15, 0.2) is 5.43 Å². The molecule has 0 radical (unpaired) electrons. The van der Waals surface area contributed by atoms with Crippen molar-refractivity contribution >= 4 is 22.6 Å². The van der Waals surface area contributed by atoms with Gasteiger partial charge in [-0.3, -0.25) is 14.7 Å². The molecule has 0 aliphatic carbocycles. The average Bonchev–Trinajstić information content (AvgIpc) is 3.03. The zero-order valence-corrected chi connectivity index (χ0v) is 16.1. The first kappa shape index (κ1) is 18.1. The topological polar surface area (TPSA) is 79.9 Å². The molecule has 0 saturated heterocycles. The number of methoxy groups -OCH3 is 1. The zero-order valence-electron chi connectivity index (χ0n) is 15.4. The van der Waals surface area contributed by atoms with Crippen molar-refractivity contribution in [3.05, 3.63) is 91.0 Å². The summed E-state index contributed by atoms with van der Waals surface area (Å²) in [6, 6.07) is 14.3. The molecule has 0 bridgehead atoms. The van der Waals surface area contributed by atoms with E-state index in [1.54, 1.807) is 43.5 Å². The molecular weight excluding hydrogens is 378 g/mol. The van der Waals surface area contributed by atoms with Gasteiger partial charge in [0.05, 0.1) is 12.8 Å². The third-order valence-electron chi connectivity index (χ3n) is 4.78. The van der Waals surface area contributed by atoms with Crippen LogP contribution in [0.25, 0.3) is 16.7 Å². The van der Waals surface area contributed by atoms with Gasteiger partial charge in [0.2, 0.25) is 0 Å². The summed E-state index contributed by atoms with van der Waals surface area (Å²) in [5.41, 5.74) is 2.59. The molecule has 2 aromatic heterocycles. The standard InChI is InChI=1S/C21H18ClN3O3/c1-12-17(11-13-3-5-14(22)6-4-13)19(26)18-20(23-12)24-25(21(18)27)15-7-9-16(28-2)10-8-15/h3-10H,11H2,1-2H3,(H2,23,24,26). The van der Waals surface area contributed by atoms with E-state index in [2.05, 4.69) is 10.1 Å². The quantitative estimate of drug-likeness (QED) is 0.554. The summed E-state index contributed by atoms with van der Waals surface area (Å²) in [6.45, 7) is 1.83. The molecule has 0 amide bonds. The molecule has 6 nitrogen and oxygen atoms in total. The number of fused-ring (bicyclic) bond motifs is 1. The highest BCUT2D eigenvalue weighted by Gasteiger charge is 2.17. The Balaban J connectivity index is 1.84. The first-order valence-electron chi connectivity index (χ1n) is 8.73. The minimum atomic E-state index is -0.390. The Kier molecular flexibility index (Phi) is 4.57. The Morgan fingerprint density at radius 1 is 1.04 bits per heavy atom. The average molecular weight is 396 g/mol. The molecule has 0 saturated carbocycles. The van der Waals surface area contributed by atoms with Gasteiger partial charge >= 0.3 is 0 Å². The van der Waals surface area contributed by atoms with Crippen LogP contribution in [0.4, 0.5) is 0 Å². The van der Waals surface area contributed by atoms with Crippen molar-refractivity contribution in [3.8, 4) is 11.4 Å².